The zero-order valence-electron chi connectivity index (χ0n) is 12.9. The first kappa shape index (κ1) is 16.1. The molecule has 2 aromatic rings. The molecule has 0 aliphatic rings. The molecule has 0 saturated carbocycles. The lowest BCUT2D eigenvalue weighted by atomic mass is 10.1. The van der Waals surface area contributed by atoms with Gasteiger partial charge in [-0.15, -0.1) is 0 Å². The summed E-state index contributed by atoms with van der Waals surface area (Å²) in [5.74, 6) is 0.966. The second kappa shape index (κ2) is 7.62. The number of hydrogen-bond donors (Lipinski definition) is 1. The Morgan fingerprint density at radius 2 is 1.81 bits per heavy atom. The number of quaternary nitrogens is 1. The molecule has 0 fully saturated rings. The van der Waals surface area contributed by atoms with E-state index in [2.05, 4.69) is 79.3 Å². The fourth-order valence-corrected chi connectivity index (χ4v) is 3.23. The fraction of sp³-hybridized carbons (Fsp3) is 0.333. The summed E-state index contributed by atoms with van der Waals surface area (Å²) in [5.41, 5.74) is 3.80. The molecule has 21 heavy (non-hydrogen) atoms. The maximum absolute atomic E-state index is 5.96. The number of aryl methyl sites for hydroxylation is 2. The second-order valence-electron chi connectivity index (χ2n) is 5.61. The minimum absolute atomic E-state index is 0.723. The monoisotopic (exact) mass is 348 g/mol. The van der Waals surface area contributed by atoms with Gasteiger partial charge in [0, 0.05) is 5.56 Å². The predicted octanol–water partition coefficient (Wildman–Crippen LogP) is 3.16. The first-order chi connectivity index (χ1) is 10.1. The van der Waals surface area contributed by atoms with Crippen LogP contribution in [-0.4, -0.2) is 20.2 Å². The van der Waals surface area contributed by atoms with Gasteiger partial charge in [0.1, 0.15) is 25.4 Å². The molecule has 0 heterocycles. The minimum Gasteiger partial charge on any atom is -0.486 e. The van der Waals surface area contributed by atoms with Gasteiger partial charge in [-0.1, -0.05) is 36.4 Å². The van der Waals surface area contributed by atoms with Gasteiger partial charge in [0.05, 0.1) is 11.5 Å². The lowest BCUT2D eigenvalue weighted by molar-refractivity contribution is -0.893. The third kappa shape index (κ3) is 4.87. The highest BCUT2D eigenvalue weighted by Gasteiger charge is 2.08. The van der Waals surface area contributed by atoms with Gasteiger partial charge in [-0.3, -0.25) is 0 Å². The van der Waals surface area contributed by atoms with Gasteiger partial charge in [-0.25, -0.2) is 0 Å². The number of rotatable bonds is 6. The predicted molar refractivity (Wildman–Crippen MR) is 91.0 cm³/mol. The summed E-state index contributed by atoms with van der Waals surface area (Å²) in [6.45, 7) is 6.92. The SMILES string of the molecule is Cc1cc(C)c(OCC[NH+](C)Cc2ccccc2)c(Br)c1. The van der Waals surface area contributed by atoms with Gasteiger partial charge in [0.2, 0.25) is 0 Å². The van der Waals surface area contributed by atoms with Crippen molar-refractivity contribution in [1.29, 1.82) is 0 Å². The van der Waals surface area contributed by atoms with E-state index < -0.39 is 0 Å². The Labute approximate surface area is 135 Å². The molecule has 0 amide bonds. The Hall–Kier alpha value is -1.32. The van der Waals surface area contributed by atoms with E-state index in [4.69, 9.17) is 4.74 Å². The number of nitrogens with one attached hydrogen (secondary N) is 1. The smallest absolute Gasteiger partial charge is 0.137 e. The third-order valence-corrected chi connectivity index (χ3v) is 4.09. The summed E-state index contributed by atoms with van der Waals surface area (Å²) in [7, 11) is 2.20. The number of benzene rings is 2. The quantitative estimate of drug-likeness (QED) is 0.846. The van der Waals surface area contributed by atoms with Crippen LogP contribution in [0.25, 0.3) is 0 Å². The maximum atomic E-state index is 5.96. The Morgan fingerprint density at radius 1 is 1.10 bits per heavy atom. The Morgan fingerprint density at radius 3 is 2.48 bits per heavy atom. The lowest BCUT2D eigenvalue weighted by Crippen LogP contribution is -3.08. The van der Waals surface area contributed by atoms with Crippen molar-refractivity contribution in [3.8, 4) is 5.75 Å². The highest BCUT2D eigenvalue weighted by Crippen LogP contribution is 2.29. The first-order valence-corrected chi connectivity index (χ1v) is 8.10. The van der Waals surface area contributed by atoms with Gasteiger partial charge in [0.25, 0.3) is 0 Å². The van der Waals surface area contributed by atoms with E-state index in [9.17, 15) is 0 Å². The average Bonchev–Trinajstić information content (AvgIpc) is 2.42. The summed E-state index contributed by atoms with van der Waals surface area (Å²) in [6, 6.07) is 14.8. The van der Waals surface area contributed by atoms with E-state index in [1.54, 1.807) is 0 Å². The van der Waals surface area contributed by atoms with Crippen LogP contribution < -0.4 is 9.64 Å². The molecule has 0 saturated heterocycles. The molecule has 0 aromatic heterocycles. The molecule has 0 aliphatic carbocycles. The second-order valence-corrected chi connectivity index (χ2v) is 6.47. The van der Waals surface area contributed by atoms with Crippen molar-refractivity contribution in [3.63, 3.8) is 0 Å². The van der Waals surface area contributed by atoms with E-state index in [1.165, 1.54) is 21.6 Å². The van der Waals surface area contributed by atoms with Crippen LogP contribution in [-0.2, 0) is 6.54 Å². The molecule has 2 nitrogen and oxygen atoms in total. The highest BCUT2D eigenvalue weighted by molar-refractivity contribution is 9.10. The van der Waals surface area contributed by atoms with Crippen LogP contribution in [0.15, 0.2) is 46.9 Å². The topological polar surface area (TPSA) is 13.7 Å². The molecule has 0 aliphatic heterocycles. The Kier molecular flexibility index (Phi) is 5.83. The molecule has 0 spiro atoms. The van der Waals surface area contributed by atoms with Crippen molar-refractivity contribution in [1.82, 2.24) is 0 Å². The molecule has 0 bridgehead atoms. The van der Waals surface area contributed by atoms with Gasteiger partial charge in [-0.2, -0.15) is 0 Å². The molecule has 1 atom stereocenters. The van der Waals surface area contributed by atoms with Crippen molar-refractivity contribution in [2.24, 2.45) is 0 Å². The van der Waals surface area contributed by atoms with Crippen molar-refractivity contribution in [2.45, 2.75) is 20.4 Å². The van der Waals surface area contributed by atoms with Gasteiger partial charge >= 0.3 is 0 Å². The van der Waals surface area contributed by atoms with Crippen molar-refractivity contribution < 1.29 is 9.64 Å². The molecule has 1 N–H and O–H groups in total. The average molecular weight is 349 g/mol. The zero-order chi connectivity index (χ0) is 15.2. The zero-order valence-corrected chi connectivity index (χ0v) is 14.5. The summed E-state index contributed by atoms with van der Waals surface area (Å²) >= 11 is 3.59. The van der Waals surface area contributed by atoms with Crippen molar-refractivity contribution >= 4 is 15.9 Å². The lowest BCUT2D eigenvalue weighted by Gasteiger charge is -2.16. The number of likely N-dealkylation sites (N-methyl/N-ethyl adjacent to an activating group) is 1. The van der Waals surface area contributed by atoms with Crippen LogP contribution in [0, 0.1) is 13.8 Å². The van der Waals surface area contributed by atoms with Crippen LogP contribution in [0.2, 0.25) is 0 Å². The summed E-state index contributed by atoms with van der Waals surface area (Å²) < 4.78 is 7.01. The van der Waals surface area contributed by atoms with E-state index >= 15 is 0 Å². The summed E-state index contributed by atoms with van der Waals surface area (Å²) in [6.07, 6.45) is 0. The van der Waals surface area contributed by atoms with Crippen LogP contribution in [0.3, 0.4) is 0 Å². The molecule has 1 unspecified atom stereocenters. The standard InChI is InChI=1S/C18H22BrNO/c1-14-11-15(2)18(17(19)12-14)21-10-9-20(3)13-16-7-5-4-6-8-16/h4-8,11-12H,9-10,13H2,1-3H3/p+1. The van der Waals surface area contributed by atoms with Gasteiger partial charge < -0.3 is 9.64 Å². The van der Waals surface area contributed by atoms with E-state index in [0.29, 0.717) is 0 Å². The molecular weight excluding hydrogens is 326 g/mol. The molecular formula is C18H23BrNO+. The molecule has 2 aromatic carbocycles. The Balaban J connectivity index is 1.84. The fourth-order valence-electron chi connectivity index (χ4n) is 2.45. The molecule has 0 radical (unpaired) electrons. The van der Waals surface area contributed by atoms with Crippen LogP contribution in [0.1, 0.15) is 16.7 Å². The van der Waals surface area contributed by atoms with Crippen LogP contribution >= 0.6 is 15.9 Å². The normalized spacial score (nSPS) is 12.2. The maximum Gasteiger partial charge on any atom is 0.137 e. The van der Waals surface area contributed by atoms with Crippen LogP contribution in [0.4, 0.5) is 0 Å². The van der Waals surface area contributed by atoms with E-state index in [1.807, 2.05) is 0 Å². The molecule has 2 rings (SSSR count). The van der Waals surface area contributed by atoms with Crippen molar-refractivity contribution in [2.75, 3.05) is 20.2 Å². The minimum atomic E-state index is 0.723. The molecule has 112 valence electrons. The summed E-state index contributed by atoms with van der Waals surface area (Å²) in [5, 5.41) is 0. The largest absolute Gasteiger partial charge is 0.486 e. The van der Waals surface area contributed by atoms with Crippen LogP contribution in [0.5, 0.6) is 5.75 Å². The van der Waals surface area contributed by atoms with E-state index in [0.717, 1.165) is 29.9 Å². The number of hydrogen-bond acceptors (Lipinski definition) is 1. The van der Waals surface area contributed by atoms with Crippen molar-refractivity contribution in [3.05, 3.63) is 63.6 Å². The van der Waals surface area contributed by atoms with Gasteiger partial charge in [0.15, 0.2) is 0 Å². The Bertz CT molecular complexity index is 560. The number of ether oxygens (including phenoxy) is 1. The molecule has 3 heteroatoms. The highest BCUT2D eigenvalue weighted by atomic mass is 79.9. The van der Waals surface area contributed by atoms with E-state index in [-0.39, 0.29) is 0 Å². The first-order valence-electron chi connectivity index (χ1n) is 7.31. The summed E-state index contributed by atoms with van der Waals surface area (Å²) in [4.78, 5) is 1.45. The number of halogens is 1. The third-order valence-electron chi connectivity index (χ3n) is 3.50. The van der Waals surface area contributed by atoms with Gasteiger partial charge in [-0.05, 0) is 47.0 Å².